The molecule has 5 nitrogen and oxygen atoms in total. The van der Waals surface area contributed by atoms with Crippen molar-refractivity contribution in [2.24, 2.45) is 0 Å². The van der Waals surface area contributed by atoms with Gasteiger partial charge in [-0.1, -0.05) is 0 Å². The number of anilines is 1. The van der Waals surface area contributed by atoms with Crippen molar-refractivity contribution in [1.29, 1.82) is 0 Å². The average Bonchev–Trinajstić information content (AvgIpc) is 2.55. The highest BCUT2D eigenvalue weighted by Gasteiger charge is 2.30. The molecule has 1 atom stereocenters. The molecule has 2 N–H and O–H groups in total. The van der Waals surface area contributed by atoms with E-state index in [1.165, 1.54) is 18.2 Å². The minimum Gasteiger partial charge on any atom is -0.355 e. The molecular formula is C17H16FN3O2. The summed E-state index contributed by atoms with van der Waals surface area (Å²) < 4.78 is 13.5. The lowest BCUT2D eigenvalue weighted by molar-refractivity contribution is -0.126. The predicted molar refractivity (Wildman–Crippen MR) is 83.3 cm³/mol. The Bertz CT molecular complexity index is 734. The molecule has 2 amide bonds. The second-order valence-electron chi connectivity index (χ2n) is 5.43. The van der Waals surface area contributed by atoms with Gasteiger partial charge in [0.25, 0.3) is 0 Å². The first-order valence-corrected chi connectivity index (χ1v) is 7.39. The Hall–Kier alpha value is -2.76. The number of amides is 2. The van der Waals surface area contributed by atoms with E-state index in [9.17, 15) is 14.0 Å². The third-order valence-corrected chi connectivity index (χ3v) is 3.83. The molecule has 3 rings (SSSR count). The molecule has 23 heavy (non-hydrogen) atoms. The molecule has 0 saturated carbocycles. The number of carbonyl (C=O) groups is 2. The van der Waals surface area contributed by atoms with Crippen LogP contribution in [0.3, 0.4) is 0 Å². The number of benzene rings is 1. The summed E-state index contributed by atoms with van der Waals surface area (Å²) in [5, 5.41) is 5.48. The molecule has 118 valence electrons. The van der Waals surface area contributed by atoms with E-state index in [1.807, 2.05) is 12.1 Å². The first-order valence-electron chi connectivity index (χ1n) is 7.39. The number of rotatable bonds is 4. The summed E-state index contributed by atoms with van der Waals surface area (Å²) in [4.78, 5) is 28.0. The smallest absolute Gasteiger partial charge is 0.228 e. The third-order valence-electron chi connectivity index (χ3n) is 3.83. The summed E-state index contributed by atoms with van der Waals surface area (Å²) >= 11 is 0. The molecule has 0 unspecified atom stereocenters. The van der Waals surface area contributed by atoms with Crippen LogP contribution in [0.25, 0.3) is 0 Å². The van der Waals surface area contributed by atoms with Crippen molar-refractivity contribution in [2.45, 2.75) is 18.8 Å². The van der Waals surface area contributed by atoms with Gasteiger partial charge in [0, 0.05) is 31.0 Å². The van der Waals surface area contributed by atoms with E-state index in [-0.39, 0.29) is 18.2 Å². The number of halogens is 1. The van der Waals surface area contributed by atoms with Gasteiger partial charge in [-0.25, -0.2) is 4.39 Å². The lowest BCUT2D eigenvalue weighted by Gasteiger charge is -2.24. The van der Waals surface area contributed by atoms with Crippen molar-refractivity contribution in [3.8, 4) is 0 Å². The largest absolute Gasteiger partial charge is 0.355 e. The zero-order valence-corrected chi connectivity index (χ0v) is 12.4. The maximum Gasteiger partial charge on any atom is 0.228 e. The fraction of sp³-hybridized carbons (Fsp3) is 0.235. The molecule has 0 spiro atoms. The summed E-state index contributed by atoms with van der Waals surface area (Å²) in [7, 11) is 0. The highest BCUT2D eigenvalue weighted by molar-refractivity contribution is 6.01. The third kappa shape index (κ3) is 3.53. The minimum absolute atomic E-state index is 0.0253. The Morgan fingerprint density at radius 2 is 2.09 bits per heavy atom. The number of hydrogen-bond donors (Lipinski definition) is 2. The monoisotopic (exact) mass is 313 g/mol. The Morgan fingerprint density at radius 1 is 1.30 bits per heavy atom. The molecule has 1 aromatic heterocycles. The second-order valence-corrected chi connectivity index (χ2v) is 5.43. The van der Waals surface area contributed by atoms with Gasteiger partial charge in [-0.2, -0.15) is 0 Å². The highest BCUT2D eigenvalue weighted by Crippen LogP contribution is 2.32. The molecule has 0 aliphatic carbocycles. The van der Waals surface area contributed by atoms with E-state index in [0.717, 1.165) is 5.56 Å². The van der Waals surface area contributed by atoms with Gasteiger partial charge in [0.15, 0.2) is 0 Å². The summed E-state index contributed by atoms with van der Waals surface area (Å²) in [6.07, 6.45) is 4.09. The molecule has 0 saturated heterocycles. The molecule has 0 fully saturated rings. The maximum absolute atomic E-state index is 13.5. The lowest BCUT2D eigenvalue weighted by Crippen LogP contribution is -2.36. The summed E-state index contributed by atoms with van der Waals surface area (Å²) in [5.41, 5.74) is 2.08. The topological polar surface area (TPSA) is 71.1 Å². The van der Waals surface area contributed by atoms with E-state index in [1.54, 1.807) is 12.4 Å². The molecule has 1 aliphatic heterocycles. The van der Waals surface area contributed by atoms with Crippen LogP contribution in [0.5, 0.6) is 0 Å². The van der Waals surface area contributed by atoms with Crippen LogP contribution in [0.15, 0.2) is 42.7 Å². The first kappa shape index (κ1) is 15.1. The number of aromatic nitrogens is 1. The molecule has 0 radical (unpaired) electrons. The molecule has 0 bridgehead atoms. The van der Waals surface area contributed by atoms with Crippen molar-refractivity contribution in [3.05, 3.63) is 59.7 Å². The van der Waals surface area contributed by atoms with E-state index in [2.05, 4.69) is 15.6 Å². The zero-order valence-electron chi connectivity index (χ0n) is 12.4. The molecule has 2 heterocycles. The molecule has 1 aliphatic rings. The minimum atomic E-state index is -0.660. The van der Waals surface area contributed by atoms with Gasteiger partial charge >= 0.3 is 0 Å². The van der Waals surface area contributed by atoms with Gasteiger partial charge in [0.1, 0.15) is 5.82 Å². The summed E-state index contributed by atoms with van der Waals surface area (Å²) in [6, 6.07) is 7.82. The van der Waals surface area contributed by atoms with Crippen molar-refractivity contribution in [1.82, 2.24) is 10.3 Å². The van der Waals surface area contributed by atoms with Gasteiger partial charge in [0.05, 0.1) is 5.92 Å². The van der Waals surface area contributed by atoms with Crippen LogP contribution in [-0.2, 0) is 16.0 Å². The fourth-order valence-electron chi connectivity index (χ4n) is 2.67. The van der Waals surface area contributed by atoms with Gasteiger partial charge in [0.2, 0.25) is 11.8 Å². The number of fused-ring (bicyclic) bond motifs is 1. The number of nitrogens with zero attached hydrogens (tertiary/aromatic N) is 1. The van der Waals surface area contributed by atoms with E-state index in [4.69, 9.17) is 0 Å². The van der Waals surface area contributed by atoms with Crippen LogP contribution in [0.4, 0.5) is 10.1 Å². The van der Waals surface area contributed by atoms with Gasteiger partial charge in [-0.15, -0.1) is 0 Å². The van der Waals surface area contributed by atoms with Crippen LogP contribution in [0, 0.1) is 5.82 Å². The summed E-state index contributed by atoms with van der Waals surface area (Å²) in [6.45, 7) is 0.450. The predicted octanol–water partition coefficient (Wildman–Crippen LogP) is 2.01. The van der Waals surface area contributed by atoms with Gasteiger partial charge in [-0.05, 0) is 47.9 Å². The molecule has 1 aromatic carbocycles. The maximum atomic E-state index is 13.5. The normalized spacial score (nSPS) is 16.4. The van der Waals surface area contributed by atoms with E-state index in [0.29, 0.717) is 24.2 Å². The fourth-order valence-corrected chi connectivity index (χ4v) is 2.67. The van der Waals surface area contributed by atoms with Crippen LogP contribution < -0.4 is 10.6 Å². The Labute approximate surface area is 132 Å². The van der Waals surface area contributed by atoms with Crippen LogP contribution in [-0.4, -0.2) is 23.3 Å². The Balaban J connectivity index is 1.68. The van der Waals surface area contributed by atoms with E-state index < -0.39 is 11.7 Å². The number of hydrogen-bond acceptors (Lipinski definition) is 3. The Kier molecular flexibility index (Phi) is 4.32. The summed E-state index contributed by atoms with van der Waals surface area (Å²) in [5.74, 6) is -1.58. The van der Waals surface area contributed by atoms with Gasteiger partial charge < -0.3 is 10.6 Å². The quantitative estimate of drug-likeness (QED) is 0.907. The average molecular weight is 313 g/mol. The van der Waals surface area contributed by atoms with Crippen molar-refractivity contribution in [3.63, 3.8) is 0 Å². The number of carbonyl (C=O) groups excluding carboxylic acids is 2. The Morgan fingerprint density at radius 3 is 2.87 bits per heavy atom. The van der Waals surface area contributed by atoms with E-state index >= 15 is 0 Å². The standard InChI is InChI=1S/C17H16FN3O2/c18-12-1-2-15-13(9-12)14(10-16(22)21-15)17(23)20-8-5-11-3-6-19-7-4-11/h1-4,6-7,9,14H,5,8,10H2,(H,20,23)(H,21,22)/t14-/m0/s1. The lowest BCUT2D eigenvalue weighted by atomic mass is 9.89. The molecule has 2 aromatic rings. The molecule has 6 heteroatoms. The molecular weight excluding hydrogens is 297 g/mol. The van der Waals surface area contributed by atoms with Crippen LogP contribution in [0.2, 0.25) is 0 Å². The van der Waals surface area contributed by atoms with Crippen LogP contribution in [0.1, 0.15) is 23.5 Å². The highest BCUT2D eigenvalue weighted by atomic mass is 19.1. The SMILES string of the molecule is O=C1C[C@H](C(=O)NCCc2ccncc2)c2cc(F)ccc2N1. The first-order chi connectivity index (χ1) is 11.1. The van der Waals surface area contributed by atoms with Crippen molar-refractivity contribution >= 4 is 17.5 Å². The zero-order chi connectivity index (χ0) is 16.2. The second kappa shape index (κ2) is 6.56. The van der Waals surface area contributed by atoms with Crippen LogP contribution >= 0.6 is 0 Å². The number of nitrogens with one attached hydrogen (secondary N) is 2. The van der Waals surface area contributed by atoms with Crippen molar-refractivity contribution < 1.29 is 14.0 Å². The van der Waals surface area contributed by atoms with Crippen molar-refractivity contribution in [2.75, 3.05) is 11.9 Å². The van der Waals surface area contributed by atoms with Gasteiger partial charge in [-0.3, -0.25) is 14.6 Å². The number of pyridine rings is 1.